The molecule has 2 aromatic carbocycles. The zero-order valence-corrected chi connectivity index (χ0v) is 20.0. The van der Waals surface area contributed by atoms with Crippen LogP contribution in [0.15, 0.2) is 54.6 Å². The Bertz CT molecular complexity index is 1240. The van der Waals surface area contributed by atoms with E-state index in [0.29, 0.717) is 28.8 Å². The Morgan fingerprint density at radius 2 is 1.71 bits per heavy atom. The number of rotatable bonds is 10. The molecule has 1 aliphatic rings. The second kappa shape index (κ2) is 10.5. The largest absolute Gasteiger partial charge is 0.497 e. The average Bonchev–Trinajstić information content (AvgIpc) is 3.65. The normalized spacial score (nSPS) is 12.7. The molecule has 8 heteroatoms. The van der Waals surface area contributed by atoms with Gasteiger partial charge in [0.15, 0.2) is 13.2 Å². The number of carbonyl (C=O) groups excluding carboxylic acids is 3. The topological polar surface area (TPSA) is 95.9 Å². The number of nitrogens with zero attached hydrogens (tertiary/aromatic N) is 1. The Labute approximate surface area is 203 Å². The Hall–Kier alpha value is -4.07. The molecule has 0 saturated heterocycles. The van der Waals surface area contributed by atoms with Crippen molar-refractivity contribution in [2.24, 2.45) is 0 Å². The SMILES string of the molecule is COc1cccc(NC(=O)COc2ccc(C(=O)OCC(=O)c3cc(C)n(C4CC4)c3C)cc2)c1. The number of aromatic nitrogens is 1. The molecule has 1 saturated carbocycles. The van der Waals surface area contributed by atoms with E-state index in [-0.39, 0.29) is 30.5 Å². The first kappa shape index (κ1) is 24.1. The van der Waals surface area contributed by atoms with E-state index >= 15 is 0 Å². The van der Waals surface area contributed by atoms with Gasteiger partial charge in [-0.1, -0.05) is 6.07 Å². The third-order valence-corrected chi connectivity index (χ3v) is 5.84. The quantitative estimate of drug-likeness (QED) is 0.342. The monoisotopic (exact) mass is 476 g/mol. The van der Waals surface area contributed by atoms with Crippen LogP contribution in [0, 0.1) is 13.8 Å². The van der Waals surface area contributed by atoms with Crippen molar-refractivity contribution in [3.63, 3.8) is 0 Å². The van der Waals surface area contributed by atoms with Crippen LogP contribution < -0.4 is 14.8 Å². The summed E-state index contributed by atoms with van der Waals surface area (Å²) in [5.74, 6) is -0.0981. The molecule has 8 nitrogen and oxygen atoms in total. The molecule has 0 bridgehead atoms. The number of benzene rings is 2. The van der Waals surface area contributed by atoms with Crippen LogP contribution in [0.5, 0.6) is 11.5 Å². The smallest absolute Gasteiger partial charge is 0.338 e. The van der Waals surface area contributed by atoms with Gasteiger partial charge in [-0.2, -0.15) is 0 Å². The van der Waals surface area contributed by atoms with Crippen LogP contribution in [0.25, 0.3) is 0 Å². The van der Waals surface area contributed by atoms with E-state index < -0.39 is 5.97 Å². The fourth-order valence-corrected chi connectivity index (χ4v) is 3.98. The Morgan fingerprint density at radius 1 is 0.971 bits per heavy atom. The highest BCUT2D eigenvalue weighted by molar-refractivity contribution is 6.00. The Morgan fingerprint density at radius 3 is 2.40 bits per heavy atom. The summed E-state index contributed by atoms with van der Waals surface area (Å²) < 4.78 is 18.0. The zero-order chi connectivity index (χ0) is 24.9. The molecule has 1 amide bonds. The number of ether oxygens (including phenoxy) is 3. The molecule has 182 valence electrons. The number of anilines is 1. The van der Waals surface area contributed by atoms with Gasteiger partial charge in [-0.15, -0.1) is 0 Å². The standard InChI is InChI=1S/C27H28N2O6/c1-17-13-24(18(2)29(17)21-9-10-21)25(30)15-35-27(32)19-7-11-22(12-8-19)34-16-26(31)28-20-5-4-6-23(14-20)33-3/h4-8,11-14,21H,9-10,15-16H2,1-3H3,(H,28,31). The zero-order valence-electron chi connectivity index (χ0n) is 20.0. The lowest BCUT2D eigenvalue weighted by Crippen LogP contribution is -2.20. The fourth-order valence-electron chi connectivity index (χ4n) is 3.98. The van der Waals surface area contributed by atoms with Gasteiger partial charge in [-0.3, -0.25) is 9.59 Å². The lowest BCUT2D eigenvalue weighted by molar-refractivity contribution is -0.118. The van der Waals surface area contributed by atoms with Crippen LogP contribution in [-0.4, -0.2) is 42.6 Å². The molecule has 0 spiro atoms. The number of ketones is 1. The molecule has 0 atom stereocenters. The van der Waals surface area contributed by atoms with E-state index in [9.17, 15) is 14.4 Å². The molecule has 0 unspecified atom stereocenters. The predicted octanol–water partition coefficient (Wildman–Crippen LogP) is 4.51. The van der Waals surface area contributed by atoms with E-state index in [1.54, 1.807) is 43.5 Å². The number of nitrogens with one attached hydrogen (secondary N) is 1. The number of hydrogen-bond donors (Lipinski definition) is 1. The number of hydrogen-bond acceptors (Lipinski definition) is 6. The first-order chi connectivity index (χ1) is 16.9. The highest BCUT2D eigenvalue weighted by Gasteiger charge is 2.28. The minimum Gasteiger partial charge on any atom is -0.497 e. The summed E-state index contributed by atoms with van der Waals surface area (Å²) in [4.78, 5) is 37.1. The van der Waals surface area contributed by atoms with E-state index in [0.717, 1.165) is 24.2 Å². The van der Waals surface area contributed by atoms with Crippen molar-refractivity contribution >= 4 is 23.3 Å². The molecule has 1 N–H and O–H groups in total. The average molecular weight is 477 g/mol. The first-order valence-electron chi connectivity index (χ1n) is 11.4. The van der Waals surface area contributed by atoms with Gasteiger partial charge >= 0.3 is 5.97 Å². The first-order valence-corrected chi connectivity index (χ1v) is 11.4. The number of esters is 1. The number of aryl methyl sites for hydroxylation is 1. The lowest BCUT2D eigenvalue weighted by Gasteiger charge is -2.09. The highest BCUT2D eigenvalue weighted by atomic mass is 16.5. The number of Topliss-reactive ketones (excluding diaryl/α,β-unsaturated/α-hetero) is 1. The van der Waals surface area contributed by atoms with Crippen LogP contribution >= 0.6 is 0 Å². The second-order valence-electron chi connectivity index (χ2n) is 8.48. The van der Waals surface area contributed by atoms with Crippen LogP contribution in [0.1, 0.15) is 51.0 Å². The maximum Gasteiger partial charge on any atom is 0.338 e. The van der Waals surface area contributed by atoms with Gasteiger partial charge in [0.2, 0.25) is 5.78 Å². The van der Waals surface area contributed by atoms with Gasteiger partial charge in [-0.25, -0.2) is 4.79 Å². The minimum absolute atomic E-state index is 0.200. The summed E-state index contributed by atoms with van der Waals surface area (Å²) in [6.45, 7) is 3.39. The van der Waals surface area contributed by atoms with E-state index in [2.05, 4.69) is 9.88 Å². The molecule has 4 rings (SSSR count). The molecular weight excluding hydrogens is 448 g/mol. The van der Waals surface area contributed by atoms with Crippen molar-refractivity contribution in [3.05, 3.63) is 77.1 Å². The molecule has 1 aliphatic carbocycles. The highest BCUT2D eigenvalue weighted by Crippen LogP contribution is 2.38. The predicted molar refractivity (Wildman–Crippen MR) is 130 cm³/mol. The van der Waals surface area contributed by atoms with E-state index in [4.69, 9.17) is 14.2 Å². The van der Waals surface area contributed by atoms with Gasteiger partial charge in [0, 0.05) is 34.7 Å². The van der Waals surface area contributed by atoms with Crippen molar-refractivity contribution in [2.45, 2.75) is 32.7 Å². The summed E-state index contributed by atoms with van der Waals surface area (Å²) in [5.41, 5.74) is 3.45. The maximum absolute atomic E-state index is 12.6. The Balaban J connectivity index is 1.26. The van der Waals surface area contributed by atoms with Gasteiger partial charge in [0.25, 0.3) is 5.91 Å². The minimum atomic E-state index is -0.600. The summed E-state index contributed by atoms with van der Waals surface area (Å²) in [6, 6.07) is 15.5. The van der Waals surface area contributed by atoms with Gasteiger partial charge in [-0.05, 0) is 69.2 Å². The van der Waals surface area contributed by atoms with Gasteiger partial charge in [0.05, 0.1) is 12.7 Å². The molecule has 0 radical (unpaired) electrons. The summed E-state index contributed by atoms with van der Waals surface area (Å²) in [7, 11) is 1.55. The molecule has 0 aliphatic heterocycles. The van der Waals surface area contributed by atoms with E-state index in [1.165, 1.54) is 12.1 Å². The van der Waals surface area contributed by atoms with Crippen LogP contribution in [0.2, 0.25) is 0 Å². The van der Waals surface area contributed by atoms with Crippen molar-refractivity contribution in [2.75, 3.05) is 25.6 Å². The van der Waals surface area contributed by atoms with Crippen LogP contribution in [0.4, 0.5) is 5.69 Å². The molecule has 35 heavy (non-hydrogen) atoms. The second-order valence-corrected chi connectivity index (χ2v) is 8.48. The summed E-state index contributed by atoms with van der Waals surface area (Å²) >= 11 is 0. The van der Waals surface area contributed by atoms with Crippen molar-refractivity contribution in [3.8, 4) is 11.5 Å². The Kier molecular flexibility index (Phi) is 7.19. The lowest BCUT2D eigenvalue weighted by atomic mass is 10.1. The number of amides is 1. The fraction of sp³-hybridized carbons (Fsp3) is 0.296. The number of carbonyl (C=O) groups is 3. The van der Waals surface area contributed by atoms with Crippen molar-refractivity contribution in [1.29, 1.82) is 0 Å². The summed E-state index contributed by atoms with van der Waals surface area (Å²) in [5, 5.41) is 2.72. The van der Waals surface area contributed by atoms with Crippen LogP contribution in [-0.2, 0) is 9.53 Å². The summed E-state index contributed by atoms with van der Waals surface area (Å²) in [6.07, 6.45) is 2.26. The molecule has 1 heterocycles. The van der Waals surface area contributed by atoms with Crippen LogP contribution in [0.3, 0.4) is 0 Å². The van der Waals surface area contributed by atoms with Gasteiger partial charge < -0.3 is 24.1 Å². The molecule has 1 aromatic heterocycles. The number of methoxy groups -OCH3 is 1. The maximum atomic E-state index is 12.6. The third-order valence-electron chi connectivity index (χ3n) is 5.84. The molecule has 3 aromatic rings. The molecule has 1 fully saturated rings. The van der Waals surface area contributed by atoms with Gasteiger partial charge in [0.1, 0.15) is 11.5 Å². The molecular formula is C27H28N2O6. The van der Waals surface area contributed by atoms with Crippen molar-refractivity contribution < 1.29 is 28.6 Å². The third kappa shape index (κ3) is 5.90. The van der Waals surface area contributed by atoms with E-state index in [1.807, 2.05) is 19.9 Å². The van der Waals surface area contributed by atoms with Crippen molar-refractivity contribution in [1.82, 2.24) is 4.57 Å².